The van der Waals surface area contributed by atoms with Crippen LogP contribution >= 0.6 is 0 Å². The third kappa shape index (κ3) is 4.83. The van der Waals surface area contributed by atoms with Gasteiger partial charge in [0.05, 0.1) is 6.20 Å². The van der Waals surface area contributed by atoms with Gasteiger partial charge in [0, 0.05) is 12.8 Å². The fourth-order valence-electron chi connectivity index (χ4n) is 1.50. The van der Waals surface area contributed by atoms with Crippen LogP contribution in [0.5, 0.6) is 6.01 Å². The van der Waals surface area contributed by atoms with E-state index in [0.29, 0.717) is 6.54 Å². The van der Waals surface area contributed by atoms with Gasteiger partial charge < -0.3 is 10.2 Å². The van der Waals surface area contributed by atoms with E-state index in [-0.39, 0.29) is 17.7 Å². The monoisotopic (exact) mass is 288 g/mol. The summed E-state index contributed by atoms with van der Waals surface area (Å²) >= 11 is 0. The minimum atomic E-state index is -0.536. The lowest BCUT2D eigenvalue weighted by atomic mass is 10.2. The first-order valence-electron chi connectivity index (χ1n) is 6.66. The van der Waals surface area contributed by atoms with Gasteiger partial charge in [0.25, 0.3) is 0 Å². The molecule has 0 saturated carbocycles. The maximum Gasteiger partial charge on any atom is 0.347 e. The molecule has 1 N–H and O–H groups in total. The van der Waals surface area contributed by atoms with Crippen molar-refractivity contribution < 1.29 is 9.23 Å². The van der Waals surface area contributed by atoms with E-state index < -0.39 is 5.82 Å². The van der Waals surface area contributed by atoms with Crippen LogP contribution in [0.4, 0.5) is 10.2 Å². The van der Waals surface area contributed by atoms with E-state index in [1.165, 1.54) is 0 Å². The van der Waals surface area contributed by atoms with Crippen molar-refractivity contribution in [3.05, 3.63) is 47.9 Å². The summed E-state index contributed by atoms with van der Waals surface area (Å²) in [6, 6.07) is 9.65. The molecule has 0 atom stereocenters. The molecule has 0 spiro atoms. The summed E-state index contributed by atoms with van der Waals surface area (Å²) in [4.78, 5) is 12.7. The molecule has 110 valence electrons. The van der Waals surface area contributed by atoms with Crippen LogP contribution in [-0.2, 0) is 6.54 Å². The fourth-order valence-corrected chi connectivity index (χ4v) is 1.50. The van der Waals surface area contributed by atoms with Crippen molar-refractivity contribution >= 4 is 12.0 Å². The summed E-state index contributed by atoms with van der Waals surface area (Å²) in [6.07, 6.45) is 2.67. The third-order valence-corrected chi connectivity index (χ3v) is 2.52. The van der Waals surface area contributed by atoms with Crippen LogP contribution in [-0.4, -0.2) is 16.2 Å². The van der Waals surface area contributed by atoms with E-state index >= 15 is 0 Å². The number of anilines is 1. The summed E-state index contributed by atoms with van der Waals surface area (Å²) in [7, 11) is 0. The largest absolute Gasteiger partial charge is 0.363 e. The molecule has 0 saturated heterocycles. The average Bonchev–Trinajstić information content (AvgIpc) is 2.48. The maximum absolute atomic E-state index is 13.6. The molecule has 1 aromatic carbocycles. The minimum Gasteiger partial charge on any atom is -0.363 e. The van der Waals surface area contributed by atoms with E-state index in [1.54, 1.807) is 6.21 Å². The zero-order valence-corrected chi connectivity index (χ0v) is 12.0. The Hall–Kier alpha value is -2.50. The molecule has 0 amide bonds. The lowest BCUT2D eigenvalue weighted by molar-refractivity contribution is 0.311. The van der Waals surface area contributed by atoms with Gasteiger partial charge in [-0.05, 0) is 11.5 Å². The van der Waals surface area contributed by atoms with Crippen molar-refractivity contribution in [1.29, 1.82) is 0 Å². The molecule has 6 heteroatoms. The van der Waals surface area contributed by atoms with Crippen LogP contribution < -0.4 is 10.2 Å². The molecular formula is C15H17FN4O. The average molecular weight is 288 g/mol. The summed E-state index contributed by atoms with van der Waals surface area (Å²) < 4.78 is 13.6. The van der Waals surface area contributed by atoms with E-state index in [4.69, 9.17) is 4.84 Å². The Morgan fingerprint density at radius 1 is 1.33 bits per heavy atom. The Kier molecular flexibility index (Phi) is 5.20. The number of benzene rings is 1. The second kappa shape index (κ2) is 7.33. The van der Waals surface area contributed by atoms with Crippen molar-refractivity contribution in [1.82, 2.24) is 9.97 Å². The van der Waals surface area contributed by atoms with Crippen LogP contribution in [0.3, 0.4) is 0 Å². The van der Waals surface area contributed by atoms with Crippen LogP contribution in [0.2, 0.25) is 0 Å². The first-order valence-corrected chi connectivity index (χ1v) is 6.66. The molecule has 0 aliphatic rings. The molecule has 21 heavy (non-hydrogen) atoms. The predicted molar refractivity (Wildman–Crippen MR) is 79.7 cm³/mol. The lowest BCUT2D eigenvalue weighted by Gasteiger charge is -2.07. The van der Waals surface area contributed by atoms with Gasteiger partial charge in [-0.2, -0.15) is 9.97 Å². The van der Waals surface area contributed by atoms with E-state index in [2.05, 4.69) is 20.4 Å². The van der Waals surface area contributed by atoms with Gasteiger partial charge in [-0.1, -0.05) is 49.3 Å². The van der Waals surface area contributed by atoms with Crippen molar-refractivity contribution in [3.63, 3.8) is 0 Å². The predicted octanol–water partition coefficient (Wildman–Crippen LogP) is 3.25. The maximum atomic E-state index is 13.6. The van der Waals surface area contributed by atoms with Crippen LogP contribution in [0.25, 0.3) is 0 Å². The van der Waals surface area contributed by atoms with Gasteiger partial charge in [0.15, 0.2) is 11.6 Å². The van der Waals surface area contributed by atoms with Gasteiger partial charge in [0.1, 0.15) is 0 Å². The van der Waals surface area contributed by atoms with Gasteiger partial charge in [-0.15, -0.1) is 0 Å². The lowest BCUT2D eigenvalue weighted by Crippen LogP contribution is -2.05. The van der Waals surface area contributed by atoms with E-state index in [1.807, 2.05) is 44.2 Å². The van der Waals surface area contributed by atoms with Crippen molar-refractivity contribution in [2.45, 2.75) is 20.4 Å². The Morgan fingerprint density at radius 3 is 2.81 bits per heavy atom. The number of oxime groups is 1. The second-order valence-corrected chi connectivity index (χ2v) is 4.78. The Morgan fingerprint density at radius 2 is 2.10 bits per heavy atom. The van der Waals surface area contributed by atoms with Crippen molar-refractivity contribution in [2.24, 2.45) is 11.1 Å². The molecular weight excluding hydrogens is 271 g/mol. The molecule has 2 rings (SSSR count). The Balaban J connectivity index is 2.01. The number of hydrogen-bond donors (Lipinski definition) is 1. The normalized spacial score (nSPS) is 11.0. The first kappa shape index (κ1) is 14.9. The van der Waals surface area contributed by atoms with Crippen LogP contribution in [0.1, 0.15) is 19.4 Å². The molecule has 0 aliphatic carbocycles. The second-order valence-electron chi connectivity index (χ2n) is 4.78. The van der Waals surface area contributed by atoms with Crippen LogP contribution in [0, 0.1) is 11.7 Å². The molecule has 0 bridgehead atoms. The standard InChI is InChI=1S/C15H17FN4O/c1-11(2)8-19-21-15-18-10-13(16)14(20-15)17-9-12-6-4-3-5-7-12/h3-8,10-11H,9H2,1-2H3,(H,17,18,20)/b19-8+. The number of rotatable bonds is 6. The molecule has 0 unspecified atom stereocenters. The van der Waals surface area contributed by atoms with Gasteiger partial charge in [-0.3, -0.25) is 0 Å². The number of nitrogens with one attached hydrogen (secondary N) is 1. The van der Waals surface area contributed by atoms with Crippen LogP contribution in [0.15, 0.2) is 41.7 Å². The molecule has 0 radical (unpaired) electrons. The fraction of sp³-hybridized carbons (Fsp3) is 0.267. The minimum absolute atomic E-state index is 0.00358. The Labute approximate surface area is 122 Å². The van der Waals surface area contributed by atoms with Gasteiger partial charge >= 0.3 is 6.01 Å². The van der Waals surface area contributed by atoms with Crippen molar-refractivity contribution in [3.8, 4) is 6.01 Å². The quantitative estimate of drug-likeness (QED) is 0.655. The Bertz CT molecular complexity index is 602. The number of hydrogen-bond acceptors (Lipinski definition) is 5. The van der Waals surface area contributed by atoms with Crippen molar-refractivity contribution in [2.75, 3.05) is 5.32 Å². The number of nitrogens with zero attached hydrogens (tertiary/aromatic N) is 3. The van der Waals surface area contributed by atoms with Gasteiger partial charge in [-0.25, -0.2) is 4.39 Å². The zero-order chi connectivity index (χ0) is 15.1. The molecule has 0 aliphatic heterocycles. The highest BCUT2D eigenvalue weighted by Gasteiger charge is 2.07. The molecule has 2 aromatic rings. The van der Waals surface area contributed by atoms with E-state index in [0.717, 1.165) is 11.8 Å². The topological polar surface area (TPSA) is 59.4 Å². The highest BCUT2D eigenvalue weighted by Crippen LogP contribution is 2.14. The number of aromatic nitrogens is 2. The zero-order valence-electron chi connectivity index (χ0n) is 12.0. The molecule has 1 aromatic heterocycles. The third-order valence-electron chi connectivity index (χ3n) is 2.52. The summed E-state index contributed by atoms with van der Waals surface area (Å²) in [5, 5.41) is 6.64. The summed E-state index contributed by atoms with van der Waals surface area (Å²) in [6.45, 7) is 4.39. The SMILES string of the molecule is CC(C)/C=N/Oc1ncc(F)c(NCc2ccccc2)n1. The first-order chi connectivity index (χ1) is 10.1. The van der Waals surface area contributed by atoms with Gasteiger partial charge in [0.2, 0.25) is 0 Å². The summed E-state index contributed by atoms with van der Waals surface area (Å²) in [5.41, 5.74) is 1.02. The molecule has 5 nitrogen and oxygen atoms in total. The highest BCUT2D eigenvalue weighted by molar-refractivity contribution is 5.58. The molecule has 0 fully saturated rings. The molecule has 1 heterocycles. The summed E-state index contributed by atoms with van der Waals surface area (Å²) in [5.74, 6) is -0.198. The smallest absolute Gasteiger partial charge is 0.347 e. The number of halogens is 1. The van der Waals surface area contributed by atoms with E-state index in [9.17, 15) is 4.39 Å². The highest BCUT2D eigenvalue weighted by atomic mass is 19.1.